The zero-order valence-corrected chi connectivity index (χ0v) is 11.7. The molecular formula is C15H19ClN2. The van der Waals surface area contributed by atoms with Crippen LogP contribution in [0.3, 0.4) is 0 Å². The first kappa shape index (κ1) is 12.1. The van der Waals surface area contributed by atoms with Gasteiger partial charge in [0.1, 0.15) is 0 Å². The van der Waals surface area contributed by atoms with Gasteiger partial charge in [0.25, 0.3) is 0 Å². The van der Waals surface area contributed by atoms with Gasteiger partial charge < -0.3 is 10.3 Å². The Morgan fingerprint density at radius 2 is 2.17 bits per heavy atom. The molecule has 0 amide bonds. The minimum Gasteiger partial charge on any atom is -0.358 e. The van der Waals surface area contributed by atoms with Crippen molar-refractivity contribution in [3.63, 3.8) is 0 Å². The highest BCUT2D eigenvalue weighted by Crippen LogP contribution is 2.30. The van der Waals surface area contributed by atoms with E-state index in [2.05, 4.69) is 30.2 Å². The Morgan fingerprint density at radius 1 is 1.33 bits per heavy atom. The van der Waals surface area contributed by atoms with Gasteiger partial charge in [-0.1, -0.05) is 17.7 Å². The van der Waals surface area contributed by atoms with E-state index in [-0.39, 0.29) is 0 Å². The van der Waals surface area contributed by atoms with Crippen molar-refractivity contribution in [2.75, 3.05) is 6.54 Å². The molecule has 1 fully saturated rings. The Balaban J connectivity index is 2.05. The van der Waals surface area contributed by atoms with E-state index in [0.717, 1.165) is 23.6 Å². The lowest BCUT2D eigenvalue weighted by Gasteiger charge is -2.10. The third kappa shape index (κ3) is 1.94. The summed E-state index contributed by atoms with van der Waals surface area (Å²) in [5, 5.41) is 5.75. The van der Waals surface area contributed by atoms with Crippen LogP contribution < -0.4 is 5.32 Å². The van der Waals surface area contributed by atoms with Gasteiger partial charge in [0, 0.05) is 22.1 Å². The van der Waals surface area contributed by atoms with Crippen molar-refractivity contribution in [3.05, 3.63) is 34.0 Å². The van der Waals surface area contributed by atoms with Gasteiger partial charge in [-0.05, 0) is 56.8 Å². The second-order valence-corrected chi connectivity index (χ2v) is 5.73. The lowest BCUT2D eigenvalue weighted by molar-refractivity contribution is 0.603. The first-order valence-corrected chi connectivity index (χ1v) is 7.04. The van der Waals surface area contributed by atoms with Crippen LogP contribution in [0.1, 0.15) is 29.7 Å². The van der Waals surface area contributed by atoms with Gasteiger partial charge in [0.2, 0.25) is 0 Å². The zero-order chi connectivity index (χ0) is 12.7. The molecule has 1 unspecified atom stereocenters. The number of benzene rings is 1. The molecule has 0 bridgehead atoms. The van der Waals surface area contributed by atoms with Crippen molar-refractivity contribution in [1.82, 2.24) is 10.3 Å². The molecule has 1 saturated heterocycles. The predicted molar refractivity (Wildman–Crippen MR) is 77.5 cm³/mol. The maximum atomic E-state index is 6.19. The number of H-pyrrole nitrogens is 1. The van der Waals surface area contributed by atoms with Crippen molar-refractivity contribution in [3.8, 4) is 0 Å². The number of hydrogen-bond donors (Lipinski definition) is 2. The Morgan fingerprint density at radius 3 is 2.89 bits per heavy atom. The van der Waals surface area contributed by atoms with E-state index in [1.165, 1.54) is 35.0 Å². The smallest absolute Gasteiger partial charge is 0.0503 e. The Kier molecular flexibility index (Phi) is 3.08. The minimum atomic E-state index is 0.638. The molecule has 2 N–H and O–H groups in total. The Hall–Kier alpha value is -0.990. The van der Waals surface area contributed by atoms with Crippen LogP contribution in [0.2, 0.25) is 5.02 Å². The molecule has 96 valence electrons. The molecule has 1 aliphatic rings. The van der Waals surface area contributed by atoms with Crippen molar-refractivity contribution in [2.45, 2.75) is 39.2 Å². The average Bonchev–Trinajstić information content (AvgIpc) is 2.95. The number of hydrogen-bond acceptors (Lipinski definition) is 1. The van der Waals surface area contributed by atoms with E-state index in [0.29, 0.717) is 6.04 Å². The van der Waals surface area contributed by atoms with Crippen molar-refractivity contribution in [1.29, 1.82) is 0 Å². The summed E-state index contributed by atoms with van der Waals surface area (Å²) in [6.45, 7) is 5.41. The third-order valence-electron chi connectivity index (χ3n) is 4.10. The minimum absolute atomic E-state index is 0.638. The quantitative estimate of drug-likeness (QED) is 0.848. The number of fused-ring (bicyclic) bond motifs is 1. The van der Waals surface area contributed by atoms with Gasteiger partial charge in [-0.2, -0.15) is 0 Å². The van der Waals surface area contributed by atoms with E-state index >= 15 is 0 Å². The molecule has 2 aromatic rings. The van der Waals surface area contributed by atoms with Crippen LogP contribution >= 0.6 is 11.6 Å². The van der Waals surface area contributed by atoms with Crippen LogP contribution in [-0.4, -0.2) is 17.6 Å². The molecule has 3 rings (SSSR count). The number of aryl methyl sites for hydroxylation is 2. The van der Waals surface area contributed by atoms with Crippen LogP contribution in [0.5, 0.6) is 0 Å². The van der Waals surface area contributed by atoms with E-state index < -0.39 is 0 Å². The van der Waals surface area contributed by atoms with Gasteiger partial charge in [-0.25, -0.2) is 0 Å². The molecule has 3 heteroatoms. The zero-order valence-electron chi connectivity index (χ0n) is 10.9. The molecule has 1 aromatic heterocycles. The number of halogens is 1. The first-order valence-electron chi connectivity index (χ1n) is 6.66. The van der Waals surface area contributed by atoms with Crippen LogP contribution in [0.4, 0.5) is 0 Å². The highest BCUT2D eigenvalue weighted by Gasteiger charge is 2.19. The molecule has 1 atom stereocenters. The highest BCUT2D eigenvalue weighted by molar-refractivity contribution is 6.32. The van der Waals surface area contributed by atoms with Crippen LogP contribution in [0.25, 0.3) is 10.9 Å². The van der Waals surface area contributed by atoms with Crippen molar-refractivity contribution in [2.24, 2.45) is 0 Å². The van der Waals surface area contributed by atoms with E-state index in [9.17, 15) is 0 Å². The summed E-state index contributed by atoms with van der Waals surface area (Å²) in [6.07, 6.45) is 3.71. The number of nitrogens with one attached hydrogen (secondary N) is 2. The predicted octanol–water partition coefficient (Wildman–Crippen LogP) is 3.73. The third-order valence-corrected chi connectivity index (χ3v) is 4.51. The van der Waals surface area contributed by atoms with Crippen molar-refractivity contribution < 1.29 is 0 Å². The summed E-state index contributed by atoms with van der Waals surface area (Å²) in [5.74, 6) is 0. The fourth-order valence-electron chi connectivity index (χ4n) is 3.00. The monoisotopic (exact) mass is 262 g/mol. The largest absolute Gasteiger partial charge is 0.358 e. The fraction of sp³-hybridized carbons (Fsp3) is 0.467. The Labute approximate surface area is 113 Å². The summed E-state index contributed by atoms with van der Waals surface area (Å²) < 4.78 is 0. The normalized spacial score (nSPS) is 19.8. The van der Waals surface area contributed by atoms with Gasteiger partial charge in [0.15, 0.2) is 0 Å². The molecule has 18 heavy (non-hydrogen) atoms. The fourth-order valence-corrected chi connectivity index (χ4v) is 3.16. The maximum absolute atomic E-state index is 6.19. The topological polar surface area (TPSA) is 27.8 Å². The first-order chi connectivity index (χ1) is 8.66. The van der Waals surface area contributed by atoms with Crippen molar-refractivity contribution >= 4 is 22.5 Å². The molecule has 2 nitrogen and oxygen atoms in total. The van der Waals surface area contributed by atoms with Crippen LogP contribution in [0, 0.1) is 13.8 Å². The highest BCUT2D eigenvalue weighted by atomic mass is 35.5. The second kappa shape index (κ2) is 4.60. The molecule has 1 aromatic carbocycles. The molecule has 0 radical (unpaired) electrons. The standard InChI is InChI=1S/C15H19ClN2/c1-9-14(16)6-5-12-13(10(2)18-15(9)12)8-11-4-3-7-17-11/h5-6,11,17-18H,3-4,7-8H2,1-2H3. The van der Waals surface area contributed by atoms with Crippen LogP contribution in [-0.2, 0) is 6.42 Å². The molecule has 1 aliphatic heterocycles. The van der Waals surface area contributed by atoms with Gasteiger partial charge in [-0.15, -0.1) is 0 Å². The van der Waals surface area contributed by atoms with Gasteiger partial charge >= 0.3 is 0 Å². The summed E-state index contributed by atoms with van der Waals surface area (Å²) in [7, 11) is 0. The number of rotatable bonds is 2. The molecular weight excluding hydrogens is 244 g/mol. The summed E-state index contributed by atoms with van der Waals surface area (Å²) in [6, 6.07) is 4.80. The molecule has 2 heterocycles. The SMILES string of the molecule is Cc1[nH]c2c(C)c(Cl)ccc2c1CC1CCCN1. The van der Waals surface area contributed by atoms with Gasteiger partial charge in [0.05, 0.1) is 5.52 Å². The van der Waals surface area contributed by atoms with E-state index in [4.69, 9.17) is 11.6 Å². The number of aromatic nitrogens is 1. The van der Waals surface area contributed by atoms with Crippen LogP contribution in [0.15, 0.2) is 12.1 Å². The van der Waals surface area contributed by atoms with E-state index in [1.807, 2.05) is 6.07 Å². The number of aromatic amines is 1. The lowest BCUT2D eigenvalue weighted by atomic mass is 10.0. The molecule has 0 aliphatic carbocycles. The average molecular weight is 263 g/mol. The Bertz CT molecular complexity index is 580. The van der Waals surface area contributed by atoms with E-state index in [1.54, 1.807) is 0 Å². The summed E-state index contributed by atoms with van der Waals surface area (Å²) in [5.41, 5.74) is 5.09. The summed E-state index contributed by atoms with van der Waals surface area (Å²) in [4.78, 5) is 3.50. The molecule has 0 spiro atoms. The second-order valence-electron chi connectivity index (χ2n) is 5.32. The molecule has 0 saturated carbocycles. The maximum Gasteiger partial charge on any atom is 0.0503 e. The lowest BCUT2D eigenvalue weighted by Crippen LogP contribution is -2.23. The van der Waals surface area contributed by atoms with Gasteiger partial charge in [-0.3, -0.25) is 0 Å². The summed E-state index contributed by atoms with van der Waals surface area (Å²) >= 11 is 6.19.